The summed E-state index contributed by atoms with van der Waals surface area (Å²) < 4.78 is 5.07. The van der Waals surface area contributed by atoms with Gasteiger partial charge in [0.15, 0.2) is 0 Å². The standard InChI is InChI=1S/C16H29NO2/c1-5-15(2,3)12-8-10-16(11-9-12,14(18)19-4)17-13-6-7-13/h12-13,17H,5-11H2,1-4H3. The van der Waals surface area contributed by atoms with Gasteiger partial charge in [-0.1, -0.05) is 27.2 Å². The van der Waals surface area contributed by atoms with Crippen LogP contribution in [0.5, 0.6) is 0 Å². The van der Waals surface area contributed by atoms with E-state index in [2.05, 4.69) is 26.1 Å². The van der Waals surface area contributed by atoms with Crippen LogP contribution in [-0.2, 0) is 9.53 Å². The highest BCUT2D eigenvalue weighted by atomic mass is 16.5. The fourth-order valence-electron chi connectivity index (χ4n) is 3.40. The molecule has 0 bridgehead atoms. The number of methoxy groups -OCH3 is 1. The molecule has 2 fully saturated rings. The molecule has 0 radical (unpaired) electrons. The topological polar surface area (TPSA) is 38.3 Å². The van der Waals surface area contributed by atoms with E-state index < -0.39 is 5.54 Å². The van der Waals surface area contributed by atoms with Gasteiger partial charge in [-0.2, -0.15) is 0 Å². The largest absolute Gasteiger partial charge is 0.468 e. The van der Waals surface area contributed by atoms with Crippen LogP contribution in [0.2, 0.25) is 0 Å². The van der Waals surface area contributed by atoms with Gasteiger partial charge in [0.25, 0.3) is 0 Å². The fourth-order valence-corrected chi connectivity index (χ4v) is 3.40. The van der Waals surface area contributed by atoms with Crippen LogP contribution < -0.4 is 5.32 Å². The summed E-state index contributed by atoms with van der Waals surface area (Å²) in [5.74, 6) is 0.684. The molecule has 0 aromatic heterocycles. The zero-order valence-corrected chi connectivity index (χ0v) is 12.9. The number of rotatable bonds is 5. The van der Waals surface area contributed by atoms with Crippen molar-refractivity contribution in [1.82, 2.24) is 5.32 Å². The first-order chi connectivity index (χ1) is 8.93. The quantitative estimate of drug-likeness (QED) is 0.777. The molecule has 2 aliphatic rings. The summed E-state index contributed by atoms with van der Waals surface area (Å²) >= 11 is 0. The molecule has 0 atom stereocenters. The van der Waals surface area contributed by atoms with Gasteiger partial charge in [-0.25, -0.2) is 0 Å². The van der Waals surface area contributed by atoms with Gasteiger partial charge in [0.05, 0.1) is 7.11 Å². The molecule has 2 rings (SSSR count). The molecule has 110 valence electrons. The minimum Gasteiger partial charge on any atom is -0.468 e. The average Bonchev–Trinajstić information content (AvgIpc) is 3.22. The van der Waals surface area contributed by atoms with Gasteiger partial charge >= 0.3 is 5.97 Å². The Morgan fingerprint density at radius 3 is 2.26 bits per heavy atom. The number of hydrogen-bond donors (Lipinski definition) is 1. The smallest absolute Gasteiger partial charge is 0.326 e. The first-order valence-electron chi connectivity index (χ1n) is 7.79. The van der Waals surface area contributed by atoms with Crippen molar-refractivity contribution in [3.05, 3.63) is 0 Å². The van der Waals surface area contributed by atoms with Gasteiger partial charge in [-0.05, 0) is 49.9 Å². The lowest BCUT2D eigenvalue weighted by molar-refractivity contribution is -0.151. The second kappa shape index (κ2) is 5.43. The third-order valence-electron chi connectivity index (χ3n) is 5.49. The van der Waals surface area contributed by atoms with E-state index in [1.54, 1.807) is 0 Å². The van der Waals surface area contributed by atoms with Gasteiger partial charge in [-0.15, -0.1) is 0 Å². The van der Waals surface area contributed by atoms with Crippen LogP contribution in [0, 0.1) is 11.3 Å². The summed E-state index contributed by atoms with van der Waals surface area (Å²) in [5, 5.41) is 3.57. The molecule has 1 N–H and O–H groups in total. The van der Waals surface area contributed by atoms with Crippen LogP contribution >= 0.6 is 0 Å². The lowest BCUT2D eigenvalue weighted by atomic mass is 9.65. The zero-order valence-electron chi connectivity index (χ0n) is 12.9. The summed E-state index contributed by atoms with van der Waals surface area (Å²) in [6.07, 6.45) is 7.77. The van der Waals surface area contributed by atoms with E-state index in [4.69, 9.17) is 4.74 Å². The van der Waals surface area contributed by atoms with Crippen molar-refractivity contribution in [3.8, 4) is 0 Å². The Kier molecular flexibility index (Phi) is 4.24. The number of esters is 1. The van der Waals surface area contributed by atoms with Crippen molar-refractivity contribution < 1.29 is 9.53 Å². The first-order valence-corrected chi connectivity index (χ1v) is 7.79. The predicted molar refractivity (Wildman–Crippen MR) is 76.9 cm³/mol. The van der Waals surface area contributed by atoms with E-state index in [1.165, 1.54) is 26.4 Å². The van der Waals surface area contributed by atoms with Crippen LogP contribution in [0.15, 0.2) is 0 Å². The molecule has 2 saturated carbocycles. The SMILES string of the molecule is CCC(C)(C)C1CCC(NC2CC2)(C(=O)OC)CC1. The Morgan fingerprint density at radius 1 is 1.26 bits per heavy atom. The monoisotopic (exact) mass is 267 g/mol. The molecule has 0 spiro atoms. The second-order valence-electron chi connectivity index (χ2n) is 7.11. The molecule has 0 heterocycles. The maximum atomic E-state index is 12.2. The highest BCUT2D eigenvalue weighted by Gasteiger charge is 2.47. The minimum atomic E-state index is -0.393. The van der Waals surface area contributed by atoms with Crippen LogP contribution in [0.4, 0.5) is 0 Å². The average molecular weight is 267 g/mol. The van der Waals surface area contributed by atoms with E-state index in [0.717, 1.165) is 31.6 Å². The summed E-state index contributed by atoms with van der Waals surface area (Å²) in [7, 11) is 1.51. The molecule has 0 aromatic rings. The lowest BCUT2D eigenvalue weighted by Gasteiger charge is -2.44. The molecule has 0 amide bonds. The molecular weight excluding hydrogens is 238 g/mol. The van der Waals surface area contributed by atoms with E-state index in [1.807, 2.05) is 0 Å². The molecule has 0 aliphatic heterocycles. The summed E-state index contributed by atoms with van der Waals surface area (Å²) in [5.41, 5.74) is -0.00189. The summed E-state index contributed by atoms with van der Waals surface area (Å²) in [4.78, 5) is 12.2. The third-order valence-corrected chi connectivity index (χ3v) is 5.49. The Balaban J connectivity index is 2.02. The molecule has 19 heavy (non-hydrogen) atoms. The molecule has 0 unspecified atom stereocenters. The number of carbonyl (C=O) groups excluding carboxylic acids is 1. The Bertz CT molecular complexity index is 326. The van der Waals surface area contributed by atoms with Crippen LogP contribution in [0.25, 0.3) is 0 Å². The van der Waals surface area contributed by atoms with Gasteiger partial charge in [-0.3, -0.25) is 10.1 Å². The highest BCUT2D eigenvalue weighted by Crippen LogP contribution is 2.44. The van der Waals surface area contributed by atoms with Gasteiger partial charge in [0, 0.05) is 6.04 Å². The van der Waals surface area contributed by atoms with Crippen molar-refractivity contribution >= 4 is 5.97 Å². The van der Waals surface area contributed by atoms with E-state index in [-0.39, 0.29) is 5.97 Å². The maximum absolute atomic E-state index is 12.2. The normalized spacial score (nSPS) is 32.1. The van der Waals surface area contributed by atoms with Gasteiger partial charge in [0.2, 0.25) is 0 Å². The summed E-state index contributed by atoms with van der Waals surface area (Å²) in [6, 6.07) is 0.551. The van der Waals surface area contributed by atoms with Crippen molar-refractivity contribution in [2.24, 2.45) is 11.3 Å². The fraction of sp³-hybridized carbons (Fsp3) is 0.938. The molecule has 2 aliphatic carbocycles. The molecule has 0 saturated heterocycles. The van der Waals surface area contributed by atoms with Crippen molar-refractivity contribution in [2.45, 2.75) is 77.3 Å². The van der Waals surface area contributed by atoms with Crippen LogP contribution in [0.1, 0.15) is 65.7 Å². The van der Waals surface area contributed by atoms with Crippen LogP contribution in [-0.4, -0.2) is 24.7 Å². The second-order valence-corrected chi connectivity index (χ2v) is 7.11. The Labute approximate surface area is 117 Å². The maximum Gasteiger partial charge on any atom is 0.326 e. The third kappa shape index (κ3) is 3.13. The van der Waals surface area contributed by atoms with E-state index in [9.17, 15) is 4.79 Å². The van der Waals surface area contributed by atoms with Crippen molar-refractivity contribution in [1.29, 1.82) is 0 Å². The number of carbonyl (C=O) groups is 1. The molecular formula is C16H29NO2. The Morgan fingerprint density at radius 2 is 1.84 bits per heavy atom. The van der Waals surface area contributed by atoms with Crippen molar-refractivity contribution in [3.63, 3.8) is 0 Å². The molecule has 0 aromatic carbocycles. The number of hydrogen-bond acceptors (Lipinski definition) is 3. The zero-order chi connectivity index (χ0) is 14.1. The Hall–Kier alpha value is -0.570. The van der Waals surface area contributed by atoms with Crippen LogP contribution in [0.3, 0.4) is 0 Å². The predicted octanol–water partition coefficient (Wildman–Crippen LogP) is 3.28. The lowest BCUT2D eigenvalue weighted by Crippen LogP contribution is -2.56. The highest BCUT2D eigenvalue weighted by molar-refractivity contribution is 5.81. The number of nitrogens with one attached hydrogen (secondary N) is 1. The molecule has 3 heteroatoms. The van der Waals surface area contributed by atoms with E-state index in [0.29, 0.717) is 11.5 Å². The summed E-state index contributed by atoms with van der Waals surface area (Å²) in [6.45, 7) is 6.98. The minimum absolute atomic E-state index is 0.0489. The van der Waals surface area contributed by atoms with Gasteiger partial charge < -0.3 is 4.74 Å². The van der Waals surface area contributed by atoms with Gasteiger partial charge in [0.1, 0.15) is 5.54 Å². The van der Waals surface area contributed by atoms with Crippen molar-refractivity contribution in [2.75, 3.05) is 7.11 Å². The van der Waals surface area contributed by atoms with E-state index >= 15 is 0 Å². The first kappa shape index (κ1) is 14.8. The number of ether oxygens (including phenoxy) is 1. The molecule has 3 nitrogen and oxygen atoms in total.